The van der Waals surface area contributed by atoms with Crippen molar-refractivity contribution in [3.05, 3.63) is 33.9 Å². The van der Waals surface area contributed by atoms with Crippen molar-refractivity contribution in [2.75, 3.05) is 0 Å². The van der Waals surface area contributed by atoms with Gasteiger partial charge in [0.1, 0.15) is 5.76 Å². The lowest BCUT2D eigenvalue weighted by molar-refractivity contribution is -0.0108. The first-order valence-corrected chi connectivity index (χ1v) is 7.48. The van der Waals surface area contributed by atoms with Gasteiger partial charge in [-0.15, -0.1) is 0 Å². The Morgan fingerprint density at radius 1 is 1.05 bits per heavy atom. The molecule has 20 heavy (non-hydrogen) atoms. The molecule has 4 saturated carbocycles. The fourth-order valence-electron chi connectivity index (χ4n) is 5.16. The van der Waals surface area contributed by atoms with E-state index in [1.807, 2.05) is 0 Å². The molecule has 0 spiro atoms. The summed E-state index contributed by atoms with van der Waals surface area (Å²) in [7, 11) is 0. The van der Waals surface area contributed by atoms with Crippen molar-refractivity contribution in [2.24, 2.45) is 23.7 Å². The first kappa shape index (κ1) is 12.2. The minimum absolute atomic E-state index is 0.221. The fourth-order valence-corrected chi connectivity index (χ4v) is 5.16. The molecule has 1 aromatic heterocycles. The van der Waals surface area contributed by atoms with E-state index in [1.54, 1.807) is 0 Å². The van der Waals surface area contributed by atoms with E-state index in [4.69, 9.17) is 9.52 Å². The van der Waals surface area contributed by atoms with Gasteiger partial charge in [-0.2, -0.15) is 0 Å². The largest absolute Gasteiger partial charge is 0.475 e. The quantitative estimate of drug-likeness (QED) is 0.900. The van der Waals surface area contributed by atoms with E-state index in [-0.39, 0.29) is 17.1 Å². The summed E-state index contributed by atoms with van der Waals surface area (Å²) in [6.45, 7) is 0. The Balaban J connectivity index is 1.74. The minimum atomic E-state index is -1.16. The predicted octanol–water partition coefficient (Wildman–Crippen LogP) is 2.88. The smallest absolute Gasteiger partial charge is 0.371 e. The maximum Gasteiger partial charge on any atom is 0.371 e. The Morgan fingerprint density at radius 2 is 1.65 bits per heavy atom. The van der Waals surface area contributed by atoms with Crippen molar-refractivity contribution < 1.29 is 14.3 Å². The second-order valence-electron chi connectivity index (χ2n) is 6.82. The van der Waals surface area contributed by atoms with Crippen LogP contribution in [-0.2, 0) is 0 Å². The Bertz CT molecular complexity index is 587. The van der Waals surface area contributed by atoms with Crippen LogP contribution < -0.4 is 5.43 Å². The van der Waals surface area contributed by atoms with E-state index >= 15 is 0 Å². The summed E-state index contributed by atoms with van der Waals surface area (Å²) in [5.74, 6) is 2.36. The molecule has 1 aromatic rings. The van der Waals surface area contributed by atoms with Gasteiger partial charge < -0.3 is 9.52 Å². The van der Waals surface area contributed by atoms with Crippen molar-refractivity contribution in [2.45, 2.75) is 38.0 Å². The molecule has 0 saturated heterocycles. The highest BCUT2D eigenvalue weighted by Gasteiger charge is 2.49. The van der Waals surface area contributed by atoms with Crippen LogP contribution in [0.4, 0.5) is 0 Å². The van der Waals surface area contributed by atoms with Crippen molar-refractivity contribution in [1.29, 1.82) is 0 Å². The normalized spacial score (nSPS) is 38.1. The van der Waals surface area contributed by atoms with Gasteiger partial charge in [-0.3, -0.25) is 4.79 Å². The predicted molar refractivity (Wildman–Crippen MR) is 71.7 cm³/mol. The summed E-state index contributed by atoms with van der Waals surface area (Å²) in [5.41, 5.74) is -0.252. The third-order valence-corrected chi connectivity index (χ3v) is 5.55. The number of rotatable bonds is 2. The standard InChI is InChI=1S/C16H18O4/c17-12-6-13(20-14(7-12)16(18)19)15-10-2-8-1-9(4-10)5-11(15)3-8/h6-11,15H,1-5H2,(H,18,19). The van der Waals surface area contributed by atoms with Crippen LogP contribution in [0.2, 0.25) is 0 Å². The second-order valence-corrected chi connectivity index (χ2v) is 6.82. The first-order valence-electron chi connectivity index (χ1n) is 7.48. The fraction of sp³-hybridized carbons (Fsp3) is 0.625. The molecule has 0 atom stereocenters. The van der Waals surface area contributed by atoms with Gasteiger partial charge in [0.25, 0.3) is 0 Å². The van der Waals surface area contributed by atoms with Crippen molar-refractivity contribution in [3.63, 3.8) is 0 Å². The lowest BCUT2D eigenvalue weighted by Crippen LogP contribution is -2.44. The number of hydrogen-bond donors (Lipinski definition) is 1. The zero-order chi connectivity index (χ0) is 13.9. The van der Waals surface area contributed by atoms with Gasteiger partial charge in [0.05, 0.1) is 0 Å². The average molecular weight is 274 g/mol. The van der Waals surface area contributed by atoms with Crippen LogP contribution >= 0.6 is 0 Å². The molecule has 5 rings (SSSR count). The summed E-state index contributed by atoms with van der Waals surface area (Å²) in [4.78, 5) is 22.8. The molecule has 4 nitrogen and oxygen atoms in total. The molecule has 4 aliphatic carbocycles. The Labute approximate surface area is 116 Å². The average Bonchev–Trinajstić information content (AvgIpc) is 2.36. The molecule has 0 aromatic carbocycles. The molecule has 0 unspecified atom stereocenters. The molecule has 4 aliphatic rings. The summed E-state index contributed by atoms with van der Waals surface area (Å²) in [6, 6.07) is 2.58. The van der Waals surface area contributed by atoms with E-state index in [1.165, 1.54) is 38.2 Å². The number of hydrogen-bond acceptors (Lipinski definition) is 3. The van der Waals surface area contributed by atoms with Crippen LogP contribution in [0.1, 0.15) is 54.3 Å². The van der Waals surface area contributed by atoms with Crippen LogP contribution in [-0.4, -0.2) is 11.1 Å². The molecule has 1 N–H and O–H groups in total. The molecule has 0 radical (unpaired) electrons. The van der Waals surface area contributed by atoms with Gasteiger partial charge in [-0.25, -0.2) is 4.79 Å². The molecule has 4 fully saturated rings. The van der Waals surface area contributed by atoms with E-state index in [2.05, 4.69) is 0 Å². The number of carbonyl (C=O) groups is 1. The maximum atomic E-state index is 11.7. The second kappa shape index (κ2) is 4.21. The molecular weight excluding hydrogens is 256 g/mol. The molecule has 4 heteroatoms. The highest BCUT2D eigenvalue weighted by molar-refractivity contribution is 5.84. The van der Waals surface area contributed by atoms with Crippen LogP contribution in [0.5, 0.6) is 0 Å². The van der Waals surface area contributed by atoms with Crippen LogP contribution in [0.15, 0.2) is 21.3 Å². The summed E-state index contributed by atoms with van der Waals surface area (Å²) in [5, 5.41) is 9.05. The molecular formula is C16H18O4. The zero-order valence-electron chi connectivity index (χ0n) is 11.2. The molecule has 106 valence electrons. The van der Waals surface area contributed by atoms with Gasteiger partial charge in [-0.1, -0.05) is 0 Å². The first-order chi connectivity index (χ1) is 9.60. The van der Waals surface area contributed by atoms with E-state index in [9.17, 15) is 9.59 Å². The van der Waals surface area contributed by atoms with E-state index in [0.717, 1.165) is 17.9 Å². The molecule has 0 aliphatic heterocycles. The van der Waals surface area contributed by atoms with Crippen molar-refractivity contribution in [1.82, 2.24) is 0 Å². The van der Waals surface area contributed by atoms with E-state index in [0.29, 0.717) is 17.6 Å². The third-order valence-electron chi connectivity index (χ3n) is 5.55. The Hall–Kier alpha value is -1.58. The highest BCUT2D eigenvalue weighted by Crippen LogP contribution is 2.59. The van der Waals surface area contributed by atoms with Crippen molar-refractivity contribution >= 4 is 5.97 Å². The molecule has 0 amide bonds. The van der Waals surface area contributed by atoms with Gasteiger partial charge >= 0.3 is 5.97 Å². The number of aromatic carboxylic acids is 1. The molecule has 1 heterocycles. The van der Waals surface area contributed by atoms with Gasteiger partial charge in [0, 0.05) is 18.1 Å². The van der Waals surface area contributed by atoms with Gasteiger partial charge in [0.2, 0.25) is 5.76 Å². The molecule has 4 bridgehead atoms. The SMILES string of the molecule is O=C(O)c1cc(=O)cc(C2C3CC4CC(C3)CC2C4)o1. The lowest BCUT2D eigenvalue weighted by Gasteiger charge is -2.53. The number of carboxylic acids is 1. The minimum Gasteiger partial charge on any atom is -0.475 e. The maximum absolute atomic E-state index is 11.7. The highest BCUT2D eigenvalue weighted by atomic mass is 16.4. The number of carboxylic acid groups (broad SMARTS) is 1. The topological polar surface area (TPSA) is 67.5 Å². The van der Waals surface area contributed by atoms with Gasteiger partial charge in [-0.05, 0) is 55.8 Å². The zero-order valence-corrected chi connectivity index (χ0v) is 11.2. The summed E-state index contributed by atoms with van der Waals surface area (Å²) in [6.07, 6.45) is 6.26. The van der Waals surface area contributed by atoms with Gasteiger partial charge in [0.15, 0.2) is 5.43 Å². The lowest BCUT2D eigenvalue weighted by atomic mass is 9.51. The summed E-state index contributed by atoms with van der Waals surface area (Å²) < 4.78 is 5.55. The monoisotopic (exact) mass is 274 g/mol. The van der Waals surface area contributed by atoms with Crippen LogP contribution in [0, 0.1) is 23.7 Å². The van der Waals surface area contributed by atoms with E-state index < -0.39 is 5.97 Å². The third kappa shape index (κ3) is 1.81. The summed E-state index contributed by atoms with van der Waals surface area (Å²) >= 11 is 0. The van der Waals surface area contributed by atoms with Crippen LogP contribution in [0.3, 0.4) is 0 Å². The Kier molecular flexibility index (Phi) is 2.56. The Morgan fingerprint density at radius 3 is 2.20 bits per heavy atom. The van der Waals surface area contributed by atoms with Crippen LogP contribution in [0.25, 0.3) is 0 Å². The van der Waals surface area contributed by atoms with Crippen molar-refractivity contribution in [3.8, 4) is 0 Å².